The molecule has 1 aliphatic rings. The van der Waals surface area contributed by atoms with Crippen LogP contribution in [0.1, 0.15) is 41.3 Å². The third-order valence-electron chi connectivity index (χ3n) is 3.63. The summed E-state index contributed by atoms with van der Waals surface area (Å²) in [6.45, 7) is 2.09. The van der Waals surface area contributed by atoms with E-state index in [1.165, 1.54) is 24.0 Å². The summed E-state index contributed by atoms with van der Waals surface area (Å²) in [6, 6.07) is 8.23. The molecule has 4 heteroatoms. The molecule has 1 fully saturated rings. The van der Waals surface area contributed by atoms with E-state index in [4.69, 9.17) is 10.1 Å². The smallest absolute Gasteiger partial charge is 0.303 e. The first-order chi connectivity index (χ1) is 9.65. The number of benzene rings is 1. The molecule has 1 heterocycles. The van der Waals surface area contributed by atoms with Crippen molar-refractivity contribution in [2.45, 2.75) is 38.5 Å². The second kappa shape index (κ2) is 5.37. The van der Waals surface area contributed by atoms with Gasteiger partial charge in [-0.3, -0.25) is 4.79 Å². The Kier molecular flexibility index (Phi) is 3.57. The molecular weight excluding hydrogens is 270 g/mol. The Balaban J connectivity index is 1.94. The van der Waals surface area contributed by atoms with Crippen molar-refractivity contribution in [2.24, 2.45) is 0 Å². The van der Waals surface area contributed by atoms with Crippen molar-refractivity contribution in [1.29, 1.82) is 0 Å². The lowest BCUT2D eigenvalue weighted by Gasteiger charge is -2.00. The number of hydrogen-bond acceptors (Lipinski definition) is 3. The van der Waals surface area contributed by atoms with Gasteiger partial charge in [0.1, 0.15) is 5.01 Å². The maximum Gasteiger partial charge on any atom is 0.303 e. The molecular formula is C16H17NO2S. The van der Waals surface area contributed by atoms with Gasteiger partial charge in [0, 0.05) is 16.4 Å². The third kappa shape index (κ3) is 2.75. The third-order valence-corrected chi connectivity index (χ3v) is 4.80. The second-order valence-electron chi connectivity index (χ2n) is 5.31. The van der Waals surface area contributed by atoms with Crippen LogP contribution in [0.5, 0.6) is 0 Å². The number of carbonyl (C=O) groups is 1. The van der Waals surface area contributed by atoms with E-state index in [1.54, 1.807) is 11.3 Å². The first kappa shape index (κ1) is 13.3. The fourth-order valence-electron chi connectivity index (χ4n) is 2.37. The van der Waals surface area contributed by atoms with Crippen molar-refractivity contribution < 1.29 is 9.90 Å². The van der Waals surface area contributed by atoms with Crippen LogP contribution in [0.3, 0.4) is 0 Å². The molecule has 1 N–H and O–H groups in total. The number of carboxylic acid groups (broad SMARTS) is 1. The molecule has 2 aromatic rings. The van der Waals surface area contributed by atoms with Gasteiger partial charge in [0.15, 0.2) is 0 Å². The summed E-state index contributed by atoms with van der Waals surface area (Å²) in [4.78, 5) is 16.8. The van der Waals surface area contributed by atoms with E-state index in [0.29, 0.717) is 12.3 Å². The fraction of sp³-hybridized carbons (Fsp3) is 0.375. The van der Waals surface area contributed by atoms with Gasteiger partial charge in [-0.25, -0.2) is 4.98 Å². The van der Waals surface area contributed by atoms with Crippen LogP contribution >= 0.6 is 11.3 Å². The molecule has 0 atom stereocenters. The predicted octanol–water partition coefficient (Wildman–Crippen LogP) is 4.01. The van der Waals surface area contributed by atoms with E-state index in [0.717, 1.165) is 15.6 Å². The topological polar surface area (TPSA) is 50.2 Å². The highest BCUT2D eigenvalue weighted by Gasteiger charge is 2.30. The van der Waals surface area contributed by atoms with Crippen LogP contribution in [-0.4, -0.2) is 16.1 Å². The van der Waals surface area contributed by atoms with Crippen LogP contribution in [0.15, 0.2) is 24.3 Å². The van der Waals surface area contributed by atoms with Crippen molar-refractivity contribution in [3.63, 3.8) is 0 Å². The summed E-state index contributed by atoms with van der Waals surface area (Å²) in [6.07, 6.45) is 3.17. The SMILES string of the molecule is Cc1ccccc1-c1nc(C2CC2)c(CCC(=O)O)s1. The first-order valence-corrected chi connectivity index (χ1v) is 7.74. The van der Waals surface area contributed by atoms with Crippen molar-refractivity contribution >= 4 is 17.3 Å². The van der Waals surface area contributed by atoms with Crippen molar-refractivity contribution in [1.82, 2.24) is 4.98 Å². The van der Waals surface area contributed by atoms with E-state index in [2.05, 4.69) is 19.1 Å². The first-order valence-electron chi connectivity index (χ1n) is 6.92. The normalized spacial score (nSPS) is 14.4. The Hall–Kier alpha value is -1.68. The summed E-state index contributed by atoms with van der Waals surface area (Å²) >= 11 is 1.66. The minimum absolute atomic E-state index is 0.190. The van der Waals surface area contributed by atoms with Gasteiger partial charge in [-0.1, -0.05) is 24.3 Å². The standard InChI is InChI=1S/C16H17NO2S/c1-10-4-2-3-5-12(10)16-17-15(11-6-7-11)13(20-16)8-9-14(18)19/h2-5,11H,6-9H2,1H3,(H,18,19). The van der Waals surface area contributed by atoms with E-state index in [1.807, 2.05) is 12.1 Å². The van der Waals surface area contributed by atoms with Crippen LogP contribution < -0.4 is 0 Å². The zero-order valence-corrected chi connectivity index (χ0v) is 12.2. The van der Waals surface area contributed by atoms with Crippen molar-refractivity contribution in [2.75, 3.05) is 0 Å². The van der Waals surface area contributed by atoms with Gasteiger partial charge in [0.25, 0.3) is 0 Å². The Morgan fingerprint density at radius 1 is 1.40 bits per heavy atom. The van der Waals surface area contributed by atoms with Crippen molar-refractivity contribution in [3.8, 4) is 10.6 Å². The molecule has 1 aliphatic carbocycles. The van der Waals surface area contributed by atoms with Crippen LogP contribution in [0.2, 0.25) is 0 Å². The lowest BCUT2D eigenvalue weighted by atomic mass is 10.1. The van der Waals surface area contributed by atoms with E-state index in [9.17, 15) is 4.79 Å². The summed E-state index contributed by atoms with van der Waals surface area (Å²) in [7, 11) is 0. The second-order valence-corrected chi connectivity index (χ2v) is 6.39. The molecule has 3 nitrogen and oxygen atoms in total. The quantitative estimate of drug-likeness (QED) is 0.903. The molecule has 3 rings (SSSR count). The molecule has 1 aromatic carbocycles. The van der Waals surface area contributed by atoms with E-state index in [-0.39, 0.29) is 6.42 Å². The number of hydrogen-bond donors (Lipinski definition) is 1. The molecule has 0 spiro atoms. The molecule has 0 aliphatic heterocycles. The summed E-state index contributed by atoms with van der Waals surface area (Å²) in [5.41, 5.74) is 3.53. The maximum atomic E-state index is 10.8. The van der Waals surface area contributed by atoms with Crippen molar-refractivity contribution in [3.05, 3.63) is 40.4 Å². The van der Waals surface area contributed by atoms with Gasteiger partial charge in [-0.2, -0.15) is 0 Å². The maximum absolute atomic E-state index is 10.8. The van der Waals surface area contributed by atoms with Gasteiger partial charge in [-0.15, -0.1) is 11.3 Å². The Morgan fingerprint density at radius 3 is 2.80 bits per heavy atom. The zero-order valence-electron chi connectivity index (χ0n) is 11.4. The lowest BCUT2D eigenvalue weighted by molar-refractivity contribution is -0.136. The van der Waals surface area contributed by atoms with Crippen LogP contribution in [0.25, 0.3) is 10.6 Å². The predicted molar refractivity (Wildman–Crippen MR) is 80.2 cm³/mol. The average molecular weight is 287 g/mol. The largest absolute Gasteiger partial charge is 0.481 e. The van der Waals surface area contributed by atoms with Gasteiger partial charge in [0.05, 0.1) is 12.1 Å². The Bertz CT molecular complexity index is 644. The number of nitrogens with zero attached hydrogens (tertiary/aromatic N) is 1. The molecule has 1 aromatic heterocycles. The average Bonchev–Trinajstić information content (AvgIpc) is 3.18. The Morgan fingerprint density at radius 2 is 2.15 bits per heavy atom. The number of rotatable bonds is 5. The number of aryl methyl sites for hydroxylation is 2. The number of aliphatic carboxylic acids is 1. The molecule has 0 bridgehead atoms. The molecule has 0 unspecified atom stereocenters. The van der Waals surface area contributed by atoms with E-state index >= 15 is 0 Å². The minimum Gasteiger partial charge on any atom is -0.481 e. The Labute approximate surface area is 122 Å². The lowest BCUT2D eigenvalue weighted by Crippen LogP contribution is -1.98. The highest BCUT2D eigenvalue weighted by Crippen LogP contribution is 2.44. The molecule has 20 heavy (non-hydrogen) atoms. The van der Waals surface area contributed by atoms with Gasteiger partial charge < -0.3 is 5.11 Å². The van der Waals surface area contributed by atoms with Gasteiger partial charge in [-0.05, 0) is 31.7 Å². The van der Waals surface area contributed by atoms with Crippen LogP contribution in [-0.2, 0) is 11.2 Å². The van der Waals surface area contributed by atoms with Crippen LogP contribution in [0, 0.1) is 6.92 Å². The van der Waals surface area contributed by atoms with Crippen LogP contribution in [0.4, 0.5) is 0 Å². The highest BCUT2D eigenvalue weighted by atomic mass is 32.1. The number of thiazole rings is 1. The highest BCUT2D eigenvalue weighted by molar-refractivity contribution is 7.15. The molecule has 104 valence electrons. The summed E-state index contributed by atoms with van der Waals surface area (Å²) < 4.78 is 0. The van der Waals surface area contributed by atoms with E-state index < -0.39 is 5.97 Å². The number of carboxylic acids is 1. The monoisotopic (exact) mass is 287 g/mol. The molecule has 0 saturated heterocycles. The zero-order chi connectivity index (χ0) is 14.1. The minimum atomic E-state index is -0.738. The van der Waals surface area contributed by atoms with Gasteiger partial charge >= 0.3 is 5.97 Å². The van der Waals surface area contributed by atoms with Gasteiger partial charge in [0.2, 0.25) is 0 Å². The molecule has 1 saturated carbocycles. The number of aromatic nitrogens is 1. The fourth-order valence-corrected chi connectivity index (χ4v) is 3.60. The molecule has 0 radical (unpaired) electrons. The summed E-state index contributed by atoms with van der Waals surface area (Å²) in [5.74, 6) is -0.176. The summed E-state index contributed by atoms with van der Waals surface area (Å²) in [5, 5.41) is 9.90. The molecule has 0 amide bonds.